The van der Waals surface area contributed by atoms with Crippen molar-refractivity contribution in [3.8, 4) is 11.5 Å². The van der Waals surface area contributed by atoms with E-state index in [0.717, 1.165) is 5.56 Å². The minimum Gasteiger partial charge on any atom is -0.486 e. The van der Waals surface area contributed by atoms with E-state index < -0.39 is 0 Å². The molecular weight excluding hydrogens is 194 g/mol. The Morgan fingerprint density at radius 2 is 2.13 bits per heavy atom. The molecule has 0 spiro atoms. The van der Waals surface area contributed by atoms with Gasteiger partial charge in [0.15, 0.2) is 17.3 Å². The zero-order valence-electron chi connectivity index (χ0n) is 8.58. The van der Waals surface area contributed by atoms with Gasteiger partial charge in [-0.15, -0.1) is 0 Å². The van der Waals surface area contributed by atoms with Crippen LogP contribution in [-0.2, 0) is 0 Å². The van der Waals surface area contributed by atoms with Crippen molar-refractivity contribution in [3.05, 3.63) is 23.3 Å². The van der Waals surface area contributed by atoms with Crippen molar-refractivity contribution in [1.29, 1.82) is 0 Å². The normalized spacial score (nSPS) is 13.7. The van der Waals surface area contributed by atoms with Gasteiger partial charge < -0.3 is 15.2 Å². The first-order valence-electron chi connectivity index (χ1n) is 4.86. The van der Waals surface area contributed by atoms with Gasteiger partial charge in [0.2, 0.25) is 0 Å². The number of hydrogen-bond donors (Lipinski definition) is 1. The highest BCUT2D eigenvalue weighted by Crippen LogP contribution is 2.35. The summed E-state index contributed by atoms with van der Waals surface area (Å²) in [5.41, 5.74) is 6.75. The van der Waals surface area contributed by atoms with E-state index >= 15 is 0 Å². The highest BCUT2D eigenvalue weighted by molar-refractivity contribution is 5.99. The molecule has 1 aromatic rings. The fraction of sp³-hybridized carbons (Fsp3) is 0.364. The average Bonchev–Trinajstić information content (AvgIpc) is 2.29. The highest BCUT2D eigenvalue weighted by atomic mass is 16.6. The van der Waals surface area contributed by atoms with E-state index in [0.29, 0.717) is 30.3 Å². The maximum absolute atomic E-state index is 11.5. The lowest BCUT2D eigenvalue weighted by Crippen LogP contribution is -2.19. The van der Waals surface area contributed by atoms with Crippen molar-refractivity contribution >= 4 is 5.78 Å². The third-order valence-corrected chi connectivity index (χ3v) is 2.44. The third kappa shape index (κ3) is 1.68. The fourth-order valence-corrected chi connectivity index (χ4v) is 1.67. The van der Waals surface area contributed by atoms with Gasteiger partial charge in [0.25, 0.3) is 0 Å². The van der Waals surface area contributed by atoms with Gasteiger partial charge in [0.05, 0.1) is 6.54 Å². The molecule has 2 rings (SSSR count). The van der Waals surface area contributed by atoms with Crippen molar-refractivity contribution in [2.75, 3.05) is 19.8 Å². The number of ketones is 1. The molecule has 2 N–H and O–H groups in total. The van der Waals surface area contributed by atoms with Gasteiger partial charge in [0.1, 0.15) is 13.2 Å². The average molecular weight is 207 g/mol. The summed E-state index contributed by atoms with van der Waals surface area (Å²) in [6.07, 6.45) is 0. The standard InChI is InChI=1S/C11H13NO3/c1-7-8(9(13)6-12)2-3-10-11(7)15-5-4-14-10/h2-3H,4-6,12H2,1H3. The summed E-state index contributed by atoms with van der Waals surface area (Å²) < 4.78 is 10.9. The van der Waals surface area contributed by atoms with E-state index in [9.17, 15) is 4.79 Å². The maximum atomic E-state index is 11.5. The Hall–Kier alpha value is -1.55. The van der Waals surface area contributed by atoms with E-state index in [-0.39, 0.29) is 12.3 Å². The van der Waals surface area contributed by atoms with Crippen LogP contribution in [0.2, 0.25) is 0 Å². The Bertz CT molecular complexity index is 401. The van der Waals surface area contributed by atoms with Crippen molar-refractivity contribution in [2.45, 2.75) is 6.92 Å². The van der Waals surface area contributed by atoms with E-state index in [2.05, 4.69) is 0 Å². The van der Waals surface area contributed by atoms with Gasteiger partial charge in [-0.05, 0) is 19.1 Å². The molecule has 80 valence electrons. The van der Waals surface area contributed by atoms with Crippen LogP contribution in [0.25, 0.3) is 0 Å². The second-order valence-electron chi connectivity index (χ2n) is 3.39. The van der Waals surface area contributed by atoms with E-state index in [1.165, 1.54) is 0 Å². The first-order valence-corrected chi connectivity index (χ1v) is 4.86. The quantitative estimate of drug-likeness (QED) is 0.732. The van der Waals surface area contributed by atoms with E-state index in [1.807, 2.05) is 6.92 Å². The van der Waals surface area contributed by atoms with Crippen LogP contribution in [0.3, 0.4) is 0 Å². The van der Waals surface area contributed by atoms with Crippen LogP contribution in [0, 0.1) is 6.92 Å². The highest BCUT2D eigenvalue weighted by Gasteiger charge is 2.18. The Morgan fingerprint density at radius 1 is 1.40 bits per heavy atom. The summed E-state index contributed by atoms with van der Waals surface area (Å²) in [6.45, 7) is 2.93. The zero-order valence-corrected chi connectivity index (χ0v) is 8.58. The molecule has 1 aromatic carbocycles. The van der Waals surface area contributed by atoms with Crippen LogP contribution in [0.15, 0.2) is 12.1 Å². The molecule has 0 saturated carbocycles. The largest absolute Gasteiger partial charge is 0.486 e. The number of ether oxygens (including phenoxy) is 2. The molecule has 4 heteroatoms. The maximum Gasteiger partial charge on any atom is 0.176 e. The number of rotatable bonds is 2. The van der Waals surface area contributed by atoms with Gasteiger partial charge in [0, 0.05) is 11.1 Å². The molecule has 0 unspecified atom stereocenters. The molecule has 1 aliphatic heterocycles. The molecule has 4 nitrogen and oxygen atoms in total. The molecule has 1 aliphatic rings. The monoisotopic (exact) mass is 207 g/mol. The van der Waals surface area contributed by atoms with Gasteiger partial charge in [-0.3, -0.25) is 4.79 Å². The summed E-state index contributed by atoms with van der Waals surface area (Å²) in [6, 6.07) is 3.49. The first-order chi connectivity index (χ1) is 7.24. The minimum absolute atomic E-state index is 0.0144. The number of Topliss-reactive ketones (excluding diaryl/α,β-unsaturated/α-hetero) is 1. The summed E-state index contributed by atoms with van der Waals surface area (Å²) in [5, 5.41) is 0. The number of fused-ring (bicyclic) bond motifs is 1. The Morgan fingerprint density at radius 3 is 2.87 bits per heavy atom. The number of carbonyl (C=O) groups excluding carboxylic acids is 1. The molecule has 0 bridgehead atoms. The predicted molar refractivity (Wildman–Crippen MR) is 55.6 cm³/mol. The molecule has 0 atom stereocenters. The van der Waals surface area contributed by atoms with E-state index in [4.69, 9.17) is 15.2 Å². The molecule has 0 radical (unpaired) electrons. The molecule has 0 saturated heterocycles. The lowest BCUT2D eigenvalue weighted by molar-refractivity contribution is 0.0999. The molecule has 0 amide bonds. The Balaban J connectivity index is 2.47. The second-order valence-corrected chi connectivity index (χ2v) is 3.39. The van der Waals surface area contributed by atoms with Crippen molar-refractivity contribution in [1.82, 2.24) is 0 Å². The fourth-order valence-electron chi connectivity index (χ4n) is 1.67. The molecule has 0 aliphatic carbocycles. The van der Waals surface area contributed by atoms with Gasteiger partial charge in [-0.1, -0.05) is 0 Å². The third-order valence-electron chi connectivity index (χ3n) is 2.44. The van der Waals surface area contributed by atoms with Crippen molar-refractivity contribution in [2.24, 2.45) is 5.73 Å². The van der Waals surface area contributed by atoms with Crippen LogP contribution in [0.1, 0.15) is 15.9 Å². The lowest BCUT2D eigenvalue weighted by Gasteiger charge is -2.21. The number of carbonyl (C=O) groups is 1. The van der Waals surface area contributed by atoms with Gasteiger partial charge in [-0.2, -0.15) is 0 Å². The SMILES string of the molecule is Cc1c(C(=O)CN)ccc2c1OCCO2. The molecular formula is C11H13NO3. The van der Waals surface area contributed by atoms with Crippen LogP contribution in [0.4, 0.5) is 0 Å². The minimum atomic E-state index is -0.0792. The van der Waals surface area contributed by atoms with Crippen molar-refractivity contribution < 1.29 is 14.3 Å². The summed E-state index contributed by atoms with van der Waals surface area (Å²) in [5.74, 6) is 1.29. The molecule has 15 heavy (non-hydrogen) atoms. The Labute approximate surface area is 88.0 Å². The van der Waals surface area contributed by atoms with E-state index in [1.54, 1.807) is 12.1 Å². The van der Waals surface area contributed by atoms with Crippen molar-refractivity contribution in [3.63, 3.8) is 0 Å². The predicted octanol–water partition coefficient (Wildman–Crippen LogP) is 0.908. The molecule has 1 heterocycles. The zero-order chi connectivity index (χ0) is 10.8. The second kappa shape index (κ2) is 3.90. The summed E-state index contributed by atoms with van der Waals surface area (Å²) in [4.78, 5) is 11.5. The molecule has 0 fully saturated rings. The summed E-state index contributed by atoms with van der Waals surface area (Å²) >= 11 is 0. The number of benzene rings is 1. The Kier molecular flexibility index (Phi) is 2.60. The van der Waals surface area contributed by atoms with Crippen LogP contribution >= 0.6 is 0 Å². The van der Waals surface area contributed by atoms with Crippen LogP contribution < -0.4 is 15.2 Å². The summed E-state index contributed by atoms with van der Waals surface area (Å²) in [7, 11) is 0. The molecule has 0 aromatic heterocycles. The number of hydrogen-bond acceptors (Lipinski definition) is 4. The van der Waals surface area contributed by atoms with Crippen LogP contribution in [-0.4, -0.2) is 25.5 Å². The van der Waals surface area contributed by atoms with Crippen LogP contribution in [0.5, 0.6) is 11.5 Å². The number of nitrogens with two attached hydrogens (primary N) is 1. The first kappa shape index (κ1) is 9.98. The topological polar surface area (TPSA) is 61.6 Å². The lowest BCUT2D eigenvalue weighted by atomic mass is 10.0. The van der Waals surface area contributed by atoms with Gasteiger partial charge in [-0.25, -0.2) is 0 Å². The van der Waals surface area contributed by atoms with Gasteiger partial charge >= 0.3 is 0 Å². The smallest absolute Gasteiger partial charge is 0.176 e.